The molecule has 0 bridgehead atoms. The number of aryl methyl sites for hydroxylation is 1. The number of rotatable bonds is 13. The van der Waals surface area contributed by atoms with E-state index in [1.807, 2.05) is 51.2 Å². The first-order chi connectivity index (χ1) is 18.6. The normalized spacial score (nSPS) is 12.7. The van der Waals surface area contributed by atoms with E-state index in [4.69, 9.17) is 21.3 Å². The molecule has 3 N–H and O–H groups in total. The second kappa shape index (κ2) is 14.1. The number of hydrogen-bond donors (Lipinski definition) is 3. The summed E-state index contributed by atoms with van der Waals surface area (Å²) >= 11 is 6.31. The Morgan fingerprint density at radius 2 is 1.82 bits per heavy atom. The van der Waals surface area contributed by atoms with Crippen LogP contribution < -0.4 is 15.4 Å². The van der Waals surface area contributed by atoms with Crippen LogP contribution in [-0.4, -0.2) is 45.2 Å². The number of aliphatic hydroxyl groups excluding tert-OH is 1. The lowest BCUT2D eigenvalue weighted by atomic mass is 10.0. The smallest absolute Gasteiger partial charge is 0.251 e. The van der Waals surface area contributed by atoms with E-state index in [9.17, 15) is 14.7 Å². The Kier molecular flexibility index (Phi) is 10.9. The largest absolute Gasteiger partial charge is 0.489 e. The highest BCUT2D eigenvalue weighted by Crippen LogP contribution is 2.27. The Labute approximate surface area is 235 Å². The van der Waals surface area contributed by atoms with Gasteiger partial charge in [0.25, 0.3) is 5.91 Å². The molecule has 3 aromatic rings. The topological polar surface area (TPSA) is 105 Å². The second-order valence-corrected chi connectivity index (χ2v) is 10.4. The van der Waals surface area contributed by atoms with Crippen molar-refractivity contribution in [2.24, 2.45) is 0 Å². The fraction of sp³-hybridized carbons (Fsp3) is 0.433. The van der Waals surface area contributed by atoms with Gasteiger partial charge in [-0.2, -0.15) is 0 Å². The maximum absolute atomic E-state index is 12.9. The Balaban J connectivity index is 1.71. The van der Waals surface area contributed by atoms with Crippen LogP contribution in [0.25, 0.3) is 11.3 Å². The van der Waals surface area contributed by atoms with Crippen molar-refractivity contribution in [1.29, 1.82) is 0 Å². The number of amides is 2. The molecule has 0 radical (unpaired) electrons. The van der Waals surface area contributed by atoms with Crippen LogP contribution in [0.3, 0.4) is 0 Å². The number of hydrogen-bond acceptors (Lipinski definition) is 5. The molecule has 0 aliphatic heterocycles. The standard InChI is InChI=1S/C30H39ClN4O4/c1-6-14-35-18-27(34-29(35)20(4)32-21(5)37)23-9-7-22(8-10-23)16-25(13-15-36)33-30(38)24-11-12-28(26(31)17-24)39-19(2)3/h7-12,17-20,25,36H,6,13-16H2,1-5H3,(H,32,37)(H,33,38)/t20-,25-/m1/s1. The van der Waals surface area contributed by atoms with Gasteiger partial charge in [-0.15, -0.1) is 0 Å². The Hall–Kier alpha value is -3.36. The lowest BCUT2D eigenvalue weighted by Crippen LogP contribution is -2.37. The maximum atomic E-state index is 12.9. The first-order valence-corrected chi connectivity index (χ1v) is 13.8. The van der Waals surface area contributed by atoms with E-state index in [-0.39, 0.29) is 36.6 Å². The van der Waals surface area contributed by atoms with Crippen LogP contribution in [0.4, 0.5) is 0 Å². The zero-order chi connectivity index (χ0) is 28.5. The molecule has 1 aromatic heterocycles. The van der Waals surface area contributed by atoms with Crippen LogP contribution in [0.15, 0.2) is 48.7 Å². The summed E-state index contributed by atoms with van der Waals surface area (Å²) in [6.45, 7) is 10.1. The molecule has 0 saturated heterocycles. The summed E-state index contributed by atoms with van der Waals surface area (Å²) in [7, 11) is 0. The van der Waals surface area contributed by atoms with Crippen LogP contribution in [0.1, 0.15) is 75.2 Å². The molecule has 0 aliphatic carbocycles. The molecule has 210 valence electrons. The summed E-state index contributed by atoms with van der Waals surface area (Å²) in [5.74, 6) is 1.00. The van der Waals surface area contributed by atoms with Gasteiger partial charge in [-0.05, 0) is 63.8 Å². The highest BCUT2D eigenvalue weighted by atomic mass is 35.5. The summed E-state index contributed by atoms with van der Waals surface area (Å²) in [6.07, 6.45) is 3.92. The zero-order valence-corrected chi connectivity index (χ0v) is 24.1. The van der Waals surface area contributed by atoms with E-state index in [1.165, 1.54) is 6.92 Å². The number of ether oxygens (including phenoxy) is 1. The fourth-order valence-electron chi connectivity index (χ4n) is 4.44. The number of aliphatic hydroxyl groups is 1. The van der Waals surface area contributed by atoms with Crippen molar-refractivity contribution in [3.05, 3.63) is 70.6 Å². The Morgan fingerprint density at radius 1 is 1.10 bits per heavy atom. The number of imidazole rings is 1. The molecule has 0 saturated carbocycles. The van der Waals surface area contributed by atoms with Crippen LogP contribution in [-0.2, 0) is 17.8 Å². The van der Waals surface area contributed by atoms with Crippen molar-refractivity contribution < 1.29 is 19.4 Å². The molecule has 3 rings (SSSR count). The number of nitrogens with zero attached hydrogens (tertiary/aromatic N) is 2. The molecule has 2 aromatic carbocycles. The van der Waals surface area contributed by atoms with E-state index in [0.29, 0.717) is 29.2 Å². The van der Waals surface area contributed by atoms with E-state index >= 15 is 0 Å². The van der Waals surface area contributed by atoms with Gasteiger partial charge in [-0.25, -0.2) is 4.98 Å². The lowest BCUT2D eigenvalue weighted by molar-refractivity contribution is -0.119. The average molecular weight is 555 g/mol. The molecule has 9 heteroatoms. The molecular formula is C30H39ClN4O4. The number of nitrogens with one attached hydrogen (secondary N) is 2. The van der Waals surface area contributed by atoms with Crippen LogP contribution >= 0.6 is 11.6 Å². The Morgan fingerprint density at radius 3 is 2.41 bits per heavy atom. The van der Waals surface area contributed by atoms with Gasteiger partial charge < -0.3 is 25.0 Å². The van der Waals surface area contributed by atoms with Gasteiger partial charge in [-0.3, -0.25) is 9.59 Å². The molecule has 0 spiro atoms. The minimum atomic E-state index is -0.259. The Bertz CT molecular complexity index is 1260. The van der Waals surface area contributed by atoms with Gasteiger partial charge in [-0.1, -0.05) is 42.8 Å². The highest BCUT2D eigenvalue weighted by Gasteiger charge is 2.18. The average Bonchev–Trinajstić information content (AvgIpc) is 3.29. The number of halogens is 1. The van der Waals surface area contributed by atoms with Crippen molar-refractivity contribution in [1.82, 2.24) is 20.2 Å². The van der Waals surface area contributed by atoms with Crippen molar-refractivity contribution in [3.63, 3.8) is 0 Å². The van der Waals surface area contributed by atoms with Crippen molar-refractivity contribution in [3.8, 4) is 17.0 Å². The van der Waals surface area contributed by atoms with Crippen LogP contribution in [0.2, 0.25) is 5.02 Å². The van der Waals surface area contributed by atoms with Crippen LogP contribution in [0, 0.1) is 0 Å². The maximum Gasteiger partial charge on any atom is 0.251 e. The number of benzene rings is 2. The summed E-state index contributed by atoms with van der Waals surface area (Å²) in [6, 6.07) is 12.6. The van der Waals surface area contributed by atoms with Crippen LogP contribution in [0.5, 0.6) is 5.75 Å². The van der Waals surface area contributed by atoms with Gasteiger partial charge in [0.15, 0.2) is 0 Å². The summed E-state index contributed by atoms with van der Waals surface area (Å²) in [5, 5.41) is 15.9. The minimum absolute atomic E-state index is 0.0242. The highest BCUT2D eigenvalue weighted by molar-refractivity contribution is 6.32. The molecule has 2 atom stereocenters. The predicted molar refractivity (Wildman–Crippen MR) is 154 cm³/mol. The molecule has 39 heavy (non-hydrogen) atoms. The second-order valence-electron chi connectivity index (χ2n) is 10.00. The summed E-state index contributed by atoms with van der Waals surface area (Å²) in [5.41, 5.74) is 3.26. The van der Waals surface area contributed by atoms with Gasteiger partial charge in [0, 0.05) is 43.4 Å². The third-order valence-corrected chi connectivity index (χ3v) is 6.48. The summed E-state index contributed by atoms with van der Waals surface area (Å²) < 4.78 is 7.74. The summed E-state index contributed by atoms with van der Waals surface area (Å²) in [4.78, 5) is 29.3. The van der Waals surface area contributed by atoms with Crippen molar-refractivity contribution >= 4 is 23.4 Å². The number of carbonyl (C=O) groups excluding carboxylic acids is 2. The SMILES string of the molecule is CCCn1cc(-c2ccc(C[C@@H](CCO)NC(=O)c3ccc(OC(C)C)c(Cl)c3)cc2)nc1[C@@H](C)NC(C)=O. The monoisotopic (exact) mass is 554 g/mol. The molecular weight excluding hydrogens is 516 g/mol. The molecule has 0 aliphatic rings. The molecule has 0 fully saturated rings. The molecule has 0 unspecified atom stereocenters. The fourth-order valence-corrected chi connectivity index (χ4v) is 4.67. The van der Waals surface area contributed by atoms with Gasteiger partial charge >= 0.3 is 0 Å². The predicted octanol–water partition coefficient (Wildman–Crippen LogP) is 5.32. The van der Waals surface area contributed by atoms with Crippen molar-refractivity contribution in [2.75, 3.05) is 6.61 Å². The van der Waals surface area contributed by atoms with E-state index in [2.05, 4.69) is 22.1 Å². The quantitative estimate of drug-likeness (QED) is 0.265. The van der Waals surface area contributed by atoms with Gasteiger partial charge in [0.2, 0.25) is 5.91 Å². The van der Waals surface area contributed by atoms with Crippen molar-refractivity contribution in [2.45, 2.75) is 78.6 Å². The molecule has 8 nitrogen and oxygen atoms in total. The van der Waals surface area contributed by atoms with E-state index < -0.39 is 0 Å². The molecule has 1 heterocycles. The van der Waals surface area contributed by atoms with E-state index in [0.717, 1.165) is 35.6 Å². The number of carbonyl (C=O) groups is 2. The first-order valence-electron chi connectivity index (χ1n) is 13.4. The third kappa shape index (κ3) is 8.57. The first kappa shape index (κ1) is 30.2. The third-order valence-electron chi connectivity index (χ3n) is 6.18. The number of aromatic nitrogens is 2. The lowest BCUT2D eigenvalue weighted by Gasteiger charge is -2.19. The van der Waals surface area contributed by atoms with Gasteiger partial charge in [0.1, 0.15) is 11.6 Å². The van der Waals surface area contributed by atoms with E-state index in [1.54, 1.807) is 18.2 Å². The zero-order valence-electron chi connectivity index (χ0n) is 23.3. The van der Waals surface area contributed by atoms with Gasteiger partial charge in [0.05, 0.1) is 22.9 Å². The molecule has 2 amide bonds. The minimum Gasteiger partial charge on any atom is -0.489 e.